The van der Waals surface area contributed by atoms with Crippen molar-refractivity contribution in [3.8, 4) is 0 Å². The fourth-order valence-corrected chi connectivity index (χ4v) is 2.29. The van der Waals surface area contributed by atoms with E-state index < -0.39 is 17.0 Å². The number of aliphatic hydroxyl groups is 1. The lowest BCUT2D eigenvalue weighted by Gasteiger charge is -2.29. The third kappa shape index (κ3) is 2.86. The Kier molecular flexibility index (Phi) is 4.31. The van der Waals surface area contributed by atoms with Crippen LogP contribution in [0.3, 0.4) is 0 Å². The number of carbonyl (C=O) groups excluding carboxylic acids is 2. The van der Waals surface area contributed by atoms with E-state index in [1.165, 1.54) is 19.3 Å². The number of ether oxygens (including phenoxy) is 1. The molecule has 0 fully saturated rings. The van der Waals surface area contributed by atoms with Gasteiger partial charge in [0.05, 0.1) is 12.5 Å². The molecule has 1 aromatic carbocycles. The monoisotopic (exact) mass is 298 g/mol. The predicted octanol–water partition coefficient (Wildman–Crippen LogP) is 3.22. The van der Waals surface area contributed by atoms with E-state index in [0.717, 1.165) is 5.56 Å². The Balaban J connectivity index is 2.42. The summed E-state index contributed by atoms with van der Waals surface area (Å²) in [7, 11) is 1.41. The maximum atomic E-state index is 12.5. The highest BCUT2D eigenvalue weighted by Crippen LogP contribution is 2.36. The van der Waals surface area contributed by atoms with E-state index in [-0.39, 0.29) is 11.3 Å². The Morgan fingerprint density at radius 2 is 1.82 bits per heavy atom. The Hall–Kier alpha value is -2.62. The van der Waals surface area contributed by atoms with E-state index in [1.54, 1.807) is 19.9 Å². The van der Waals surface area contributed by atoms with Crippen LogP contribution >= 0.6 is 0 Å². The van der Waals surface area contributed by atoms with Crippen molar-refractivity contribution in [1.82, 2.24) is 0 Å². The zero-order chi connectivity index (χ0) is 16.3. The summed E-state index contributed by atoms with van der Waals surface area (Å²) in [6.45, 7) is 3.32. The zero-order valence-electron chi connectivity index (χ0n) is 12.8. The molecular formula is C18H18O4. The van der Waals surface area contributed by atoms with E-state index >= 15 is 0 Å². The van der Waals surface area contributed by atoms with Gasteiger partial charge < -0.3 is 9.84 Å². The third-order valence-corrected chi connectivity index (χ3v) is 3.63. The number of hydrogen-bond acceptors (Lipinski definition) is 4. The molecule has 0 bridgehead atoms. The molecular weight excluding hydrogens is 280 g/mol. The molecule has 0 atom stereocenters. The van der Waals surface area contributed by atoms with Crippen LogP contribution in [0.1, 0.15) is 19.4 Å². The molecule has 0 saturated carbocycles. The zero-order valence-corrected chi connectivity index (χ0v) is 12.8. The van der Waals surface area contributed by atoms with Gasteiger partial charge in [-0.05, 0) is 25.5 Å². The number of allylic oxidation sites excluding steroid dienone is 4. The van der Waals surface area contributed by atoms with E-state index in [2.05, 4.69) is 0 Å². The molecule has 2 rings (SSSR count). The van der Waals surface area contributed by atoms with Crippen LogP contribution in [0.4, 0.5) is 0 Å². The standard InChI is InChI=1S/C18H18O4/c1-18(2)15(22-3)11-14(20)16(17(18)21)13(19)10-9-12-7-5-4-6-8-12/h4-11,19H,1-3H3/b10-9+,16-13?. The van der Waals surface area contributed by atoms with Gasteiger partial charge in [-0.1, -0.05) is 36.4 Å². The normalized spacial score (nSPS) is 20.0. The first kappa shape index (κ1) is 15.8. The Morgan fingerprint density at radius 3 is 2.41 bits per heavy atom. The molecule has 1 aliphatic carbocycles. The first-order valence-electron chi connectivity index (χ1n) is 6.89. The minimum Gasteiger partial charge on any atom is -0.507 e. The molecule has 4 nitrogen and oxygen atoms in total. The minimum atomic E-state index is -0.980. The number of benzene rings is 1. The molecule has 0 aromatic heterocycles. The smallest absolute Gasteiger partial charge is 0.196 e. The quantitative estimate of drug-likeness (QED) is 0.528. The summed E-state index contributed by atoms with van der Waals surface area (Å²) in [5.41, 5.74) is -0.331. The molecule has 0 radical (unpaired) electrons. The highest BCUT2D eigenvalue weighted by Gasteiger charge is 2.43. The number of aliphatic hydroxyl groups excluding tert-OH is 1. The van der Waals surface area contributed by atoms with Gasteiger partial charge in [-0.15, -0.1) is 0 Å². The second-order valence-corrected chi connectivity index (χ2v) is 5.54. The summed E-state index contributed by atoms with van der Waals surface area (Å²) in [6.07, 6.45) is 4.26. The molecule has 114 valence electrons. The number of rotatable bonds is 3. The lowest BCUT2D eigenvalue weighted by atomic mass is 9.76. The van der Waals surface area contributed by atoms with Gasteiger partial charge in [0.1, 0.15) is 17.1 Å². The van der Waals surface area contributed by atoms with E-state index in [1.807, 2.05) is 30.3 Å². The molecule has 1 aromatic rings. The predicted molar refractivity (Wildman–Crippen MR) is 84.0 cm³/mol. The number of Topliss-reactive ketones (excluding diaryl/α,β-unsaturated/α-hetero) is 1. The van der Waals surface area contributed by atoms with E-state index in [4.69, 9.17) is 4.74 Å². The van der Waals surface area contributed by atoms with Crippen molar-refractivity contribution >= 4 is 17.6 Å². The molecule has 1 N–H and O–H groups in total. The minimum absolute atomic E-state index is 0.210. The van der Waals surface area contributed by atoms with Gasteiger partial charge in [-0.3, -0.25) is 9.59 Å². The molecule has 0 saturated heterocycles. The lowest BCUT2D eigenvalue weighted by molar-refractivity contribution is -0.127. The summed E-state index contributed by atoms with van der Waals surface area (Å²) in [6, 6.07) is 9.30. The average molecular weight is 298 g/mol. The van der Waals surface area contributed by atoms with Gasteiger partial charge in [0.2, 0.25) is 0 Å². The van der Waals surface area contributed by atoms with Crippen molar-refractivity contribution in [2.24, 2.45) is 5.41 Å². The maximum Gasteiger partial charge on any atom is 0.196 e. The van der Waals surface area contributed by atoms with Crippen molar-refractivity contribution in [2.45, 2.75) is 13.8 Å². The van der Waals surface area contributed by atoms with Crippen LogP contribution in [-0.2, 0) is 14.3 Å². The molecule has 22 heavy (non-hydrogen) atoms. The topological polar surface area (TPSA) is 63.6 Å². The van der Waals surface area contributed by atoms with Gasteiger partial charge >= 0.3 is 0 Å². The van der Waals surface area contributed by atoms with E-state index in [9.17, 15) is 14.7 Å². The van der Waals surface area contributed by atoms with Crippen LogP contribution in [0.15, 0.2) is 59.6 Å². The van der Waals surface area contributed by atoms with Crippen LogP contribution in [0.5, 0.6) is 0 Å². The third-order valence-electron chi connectivity index (χ3n) is 3.63. The number of carbonyl (C=O) groups is 2. The lowest BCUT2D eigenvalue weighted by Crippen LogP contribution is -2.36. The second-order valence-electron chi connectivity index (χ2n) is 5.54. The summed E-state index contributed by atoms with van der Waals surface area (Å²) in [4.78, 5) is 24.6. The van der Waals surface area contributed by atoms with Gasteiger partial charge in [0, 0.05) is 6.08 Å². The SMILES string of the molecule is COC1=CC(=O)C(=C(O)/C=C/c2ccccc2)C(=O)C1(C)C. The van der Waals surface area contributed by atoms with E-state index in [0.29, 0.717) is 5.76 Å². The van der Waals surface area contributed by atoms with Crippen molar-refractivity contribution < 1.29 is 19.4 Å². The average Bonchev–Trinajstić information content (AvgIpc) is 2.50. The van der Waals surface area contributed by atoms with Gasteiger partial charge in [0.25, 0.3) is 0 Å². The van der Waals surface area contributed by atoms with Gasteiger partial charge in [0.15, 0.2) is 11.6 Å². The fourth-order valence-electron chi connectivity index (χ4n) is 2.29. The van der Waals surface area contributed by atoms with Crippen molar-refractivity contribution in [3.05, 3.63) is 65.1 Å². The molecule has 4 heteroatoms. The van der Waals surface area contributed by atoms with Crippen molar-refractivity contribution in [3.63, 3.8) is 0 Å². The molecule has 0 spiro atoms. The molecule has 0 unspecified atom stereocenters. The van der Waals surface area contributed by atoms with Gasteiger partial charge in [-0.2, -0.15) is 0 Å². The Bertz CT molecular complexity index is 691. The summed E-state index contributed by atoms with van der Waals surface area (Å²) in [5.74, 6) is -1.03. The summed E-state index contributed by atoms with van der Waals surface area (Å²) in [5, 5.41) is 10.1. The van der Waals surface area contributed by atoms with Gasteiger partial charge in [-0.25, -0.2) is 0 Å². The first-order chi connectivity index (χ1) is 10.4. The number of methoxy groups -OCH3 is 1. The summed E-state index contributed by atoms with van der Waals surface area (Å²) < 4.78 is 5.10. The van der Waals surface area contributed by atoms with Crippen LogP contribution in [0, 0.1) is 5.41 Å². The largest absolute Gasteiger partial charge is 0.507 e. The molecule has 0 amide bonds. The molecule has 1 aliphatic rings. The Labute approximate surface area is 129 Å². The van der Waals surface area contributed by atoms with Crippen LogP contribution in [-0.4, -0.2) is 23.8 Å². The van der Waals surface area contributed by atoms with Crippen molar-refractivity contribution in [1.29, 1.82) is 0 Å². The van der Waals surface area contributed by atoms with Crippen LogP contribution in [0.25, 0.3) is 6.08 Å². The Morgan fingerprint density at radius 1 is 1.18 bits per heavy atom. The highest BCUT2D eigenvalue weighted by molar-refractivity contribution is 6.29. The highest BCUT2D eigenvalue weighted by atomic mass is 16.5. The molecule has 0 aliphatic heterocycles. The first-order valence-corrected chi connectivity index (χ1v) is 6.89. The number of ketones is 2. The second kappa shape index (κ2) is 6.02. The molecule has 0 heterocycles. The number of hydrogen-bond donors (Lipinski definition) is 1. The van der Waals surface area contributed by atoms with Crippen molar-refractivity contribution in [2.75, 3.05) is 7.11 Å². The fraction of sp³-hybridized carbons (Fsp3) is 0.222. The van der Waals surface area contributed by atoms with Crippen LogP contribution < -0.4 is 0 Å². The van der Waals surface area contributed by atoms with Crippen LogP contribution in [0.2, 0.25) is 0 Å². The maximum absolute atomic E-state index is 12.5. The summed E-state index contributed by atoms with van der Waals surface area (Å²) >= 11 is 0.